The zero-order valence-corrected chi connectivity index (χ0v) is 16.2. The van der Waals surface area contributed by atoms with Crippen LogP contribution in [0, 0.1) is 6.92 Å². The van der Waals surface area contributed by atoms with Crippen molar-refractivity contribution in [3.8, 4) is 5.75 Å². The van der Waals surface area contributed by atoms with Gasteiger partial charge >= 0.3 is 6.09 Å². The number of rotatable bonds is 5. The van der Waals surface area contributed by atoms with Gasteiger partial charge in [0.1, 0.15) is 5.75 Å². The molecule has 1 aliphatic rings. The summed E-state index contributed by atoms with van der Waals surface area (Å²) < 4.78 is 10.3. The van der Waals surface area contributed by atoms with Crippen molar-refractivity contribution in [2.75, 3.05) is 33.9 Å². The molecule has 7 heteroatoms. The Labute approximate surface area is 155 Å². The second-order valence-corrected chi connectivity index (χ2v) is 6.33. The summed E-state index contributed by atoms with van der Waals surface area (Å²) in [4.78, 5) is 17.8. The molecule has 1 aromatic rings. The second-order valence-electron chi connectivity index (χ2n) is 6.33. The van der Waals surface area contributed by atoms with Gasteiger partial charge in [-0.05, 0) is 43.9 Å². The first-order chi connectivity index (χ1) is 12.6. The zero-order chi connectivity index (χ0) is 18.9. The molecule has 0 aromatic heterocycles. The highest BCUT2D eigenvalue weighted by atomic mass is 16.6. The first-order valence-corrected chi connectivity index (χ1v) is 9.09. The lowest BCUT2D eigenvalue weighted by molar-refractivity contribution is 0.0963. The monoisotopic (exact) mass is 362 g/mol. The van der Waals surface area contributed by atoms with Gasteiger partial charge in [0.2, 0.25) is 0 Å². The minimum atomic E-state index is -0.219. The number of methoxy groups -OCH3 is 1. The first kappa shape index (κ1) is 19.9. The number of carbonyl (C=O) groups excluding carboxylic acids is 1. The predicted molar refractivity (Wildman–Crippen MR) is 103 cm³/mol. The molecule has 7 nitrogen and oxygen atoms in total. The van der Waals surface area contributed by atoms with E-state index in [1.807, 2.05) is 26.0 Å². The van der Waals surface area contributed by atoms with Gasteiger partial charge in [-0.15, -0.1) is 0 Å². The van der Waals surface area contributed by atoms with E-state index in [4.69, 9.17) is 9.47 Å². The van der Waals surface area contributed by atoms with E-state index >= 15 is 0 Å². The SMILES string of the molecule is CCOC(=O)N1CCC(NC(=NC)NCc2ccc(OC)c(C)c2)CC1. The van der Waals surface area contributed by atoms with Crippen LogP contribution in [0.3, 0.4) is 0 Å². The Morgan fingerprint density at radius 3 is 2.65 bits per heavy atom. The van der Waals surface area contributed by atoms with Crippen molar-refractivity contribution in [3.05, 3.63) is 29.3 Å². The molecule has 0 atom stereocenters. The molecule has 2 rings (SSSR count). The van der Waals surface area contributed by atoms with E-state index < -0.39 is 0 Å². The molecule has 144 valence electrons. The van der Waals surface area contributed by atoms with Gasteiger partial charge in [-0.3, -0.25) is 4.99 Å². The number of hydrogen-bond acceptors (Lipinski definition) is 4. The van der Waals surface area contributed by atoms with Crippen molar-refractivity contribution in [2.45, 2.75) is 39.3 Å². The van der Waals surface area contributed by atoms with Crippen molar-refractivity contribution >= 4 is 12.1 Å². The largest absolute Gasteiger partial charge is 0.496 e. The van der Waals surface area contributed by atoms with Gasteiger partial charge in [-0.25, -0.2) is 4.79 Å². The minimum Gasteiger partial charge on any atom is -0.496 e. The van der Waals surface area contributed by atoms with Crippen LogP contribution < -0.4 is 15.4 Å². The maximum atomic E-state index is 11.8. The van der Waals surface area contributed by atoms with Crippen LogP contribution >= 0.6 is 0 Å². The van der Waals surface area contributed by atoms with Crippen LogP contribution in [0.1, 0.15) is 30.9 Å². The average Bonchev–Trinajstić information content (AvgIpc) is 2.66. The predicted octanol–water partition coefficient (Wildman–Crippen LogP) is 2.29. The maximum Gasteiger partial charge on any atom is 0.409 e. The Hall–Kier alpha value is -2.44. The van der Waals surface area contributed by atoms with Crippen LogP contribution in [-0.2, 0) is 11.3 Å². The van der Waals surface area contributed by atoms with Gasteiger partial charge in [-0.1, -0.05) is 12.1 Å². The molecular weight excluding hydrogens is 332 g/mol. The lowest BCUT2D eigenvalue weighted by Crippen LogP contribution is -2.49. The lowest BCUT2D eigenvalue weighted by atomic mass is 10.1. The molecule has 0 saturated carbocycles. The van der Waals surface area contributed by atoms with E-state index in [1.54, 1.807) is 19.1 Å². The highest BCUT2D eigenvalue weighted by Gasteiger charge is 2.23. The molecule has 2 N–H and O–H groups in total. The summed E-state index contributed by atoms with van der Waals surface area (Å²) in [7, 11) is 3.45. The molecule has 0 radical (unpaired) electrons. The Kier molecular flexibility index (Phi) is 7.56. The van der Waals surface area contributed by atoms with E-state index in [1.165, 1.54) is 5.56 Å². The van der Waals surface area contributed by atoms with Crippen molar-refractivity contribution in [1.29, 1.82) is 0 Å². The van der Waals surface area contributed by atoms with Gasteiger partial charge in [0.05, 0.1) is 13.7 Å². The fourth-order valence-electron chi connectivity index (χ4n) is 3.05. The van der Waals surface area contributed by atoms with Crippen LogP contribution in [0.4, 0.5) is 4.79 Å². The van der Waals surface area contributed by atoms with E-state index in [-0.39, 0.29) is 6.09 Å². The number of carbonyl (C=O) groups is 1. The topological polar surface area (TPSA) is 75.2 Å². The molecule has 1 heterocycles. The Bertz CT molecular complexity index is 625. The molecule has 0 bridgehead atoms. The van der Waals surface area contributed by atoms with E-state index in [0.717, 1.165) is 30.1 Å². The Morgan fingerprint density at radius 1 is 1.35 bits per heavy atom. The molecule has 0 aliphatic carbocycles. The van der Waals surface area contributed by atoms with Crippen molar-refractivity contribution < 1.29 is 14.3 Å². The van der Waals surface area contributed by atoms with Gasteiger partial charge in [0.25, 0.3) is 0 Å². The summed E-state index contributed by atoms with van der Waals surface area (Å²) in [6.45, 7) is 6.36. The average molecular weight is 362 g/mol. The fraction of sp³-hybridized carbons (Fsp3) is 0.579. The molecule has 1 aromatic carbocycles. The third-order valence-electron chi connectivity index (χ3n) is 4.50. The zero-order valence-electron chi connectivity index (χ0n) is 16.2. The molecule has 1 aliphatic heterocycles. The number of nitrogens with one attached hydrogen (secondary N) is 2. The number of aliphatic imine (C=N–C) groups is 1. The van der Waals surface area contributed by atoms with Gasteiger partial charge < -0.3 is 25.0 Å². The van der Waals surface area contributed by atoms with E-state index in [9.17, 15) is 4.79 Å². The third-order valence-corrected chi connectivity index (χ3v) is 4.50. The quantitative estimate of drug-likeness (QED) is 0.621. The minimum absolute atomic E-state index is 0.219. The fourth-order valence-corrected chi connectivity index (χ4v) is 3.05. The molecule has 1 amide bonds. The smallest absolute Gasteiger partial charge is 0.409 e. The summed E-state index contributed by atoms with van der Waals surface area (Å²) in [5.41, 5.74) is 2.28. The Balaban J connectivity index is 1.80. The standard InChI is InChI=1S/C19H30N4O3/c1-5-26-19(24)23-10-8-16(9-11-23)22-18(20-3)21-13-15-6-7-17(25-4)14(2)12-15/h6-7,12,16H,5,8-11,13H2,1-4H3,(H2,20,21,22). The normalized spacial score (nSPS) is 15.5. The Morgan fingerprint density at radius 2 is 2.08 bits per heavy atom. The third kappa shape index (κ3) is 5.54. The van der Waals surface area contributed by atoms with Gasteiger partial charge in [-0.2, -0.15) is 0 Å². The summed E-state index contributed by atoms with van der Waals surface area (Å²) in [6.07, 6.45) is 1.53. The lowest BCUT2D eigenvalue weighted by Gasteiger charge is -2.32. The van der Waals surface area contributed by atoms with Gasteiger partial charge in [0.15, 0.2) is 5.96 Å². The molecule has 0 spiro atoms. The number of guanidine groups is 1. The molecule has 26 heavy (non-hydrogen) atoms. The number of amides is 1. The van der Waals surface area contributed by atoms with Crippen LogP contribution in [0.2, 0.25) is 0 Å². The second kappa shape index (κ2) is 9.89. The molecular formula is C19H30N4O3. The number of ether oxygens (including phenoxy) is 2. The number of piperidine rings is 1. The number of benzene rings is 1. The van der Waals surface area contributed by atoms with Crippen LogP contribution in [0.15, 0.2) is 23.2 Å². The molecule has 0 unspecified atom stereocenters. The maximum absolute atomic E-state index is 11.8. The van der Waals surface area contributed by atoms with Crippen molar-refractivity contribution in [1.82, 2.24) is 15.5 Å². The summed E-state index contributed by atoms with van der Waals surface area (Å²) >= 11 is 0. The van der Waals surface area contributed by atoms with Crippen LogP contribution in [0.25, 0.3) is 0 Å². The molecule has 1 fully saturated rings. The number of aryl methyl sites for hydroxylation is 1. The number of nitrogens with zero attached hydrogens (tertiary/aromatic N) is 2. The van der Waals surface area contributed by atoms with Crippen LogP contribution in [0.5, 0.6) is 5.75 Å². The summed E-state index contributed by atoms with van der Waals surface area (Å²) in [6, 6.07) is 6.43. The van der Waals surface area contributed by atoms with Gasteiger partial charge in [0, 0.05) is 32.7 Å². The summed E-state index contributed by atoms with van der Waals surface area (Å²) in [5, 5.41) is 6.78. The van der Waals surface area contributed by atoms with Crippen molar-refractivity contribution in [2.24, 2.45) is 4.99 Å². The number of hydrogen-bond donors (Lipinski definition) is 2. The van der Waals surface area contributed by atoms with Crippen molar-refractivity contribution in [3.63, 3.8) is 0 Å². The molecule has 1 saturated heterocycles. The number of likely N-dealkylation sites (tertiary alicyclic amines) is 1. The summed E-state index contributed by atoms with van der Waals surface area (Å²) in [5.74, 6) is 1.66. The van der Waals surface area contributed by atoms with Crippen LogP contribution in [-0.4, -0.2) is 56.8 Å². The van der Waals surface area contributed by atoms with E-state index in [2.05, 4.69) is 21.7 Å². The highest BCUT2D eigenvalue weighted by Crippen LogP contribution is 2.18. The highest BCUT2D eigenvalue weighted by molar-refractivity contribution is 5.80. The van der Waals surface area contributed by atoms with E-state index in [0.29, 0.717) is 32.3 Å². The first-order valence-electron chi connectivity index (χ1n) is 9.09.